The maximum atomic E-state index is 11.1. The molecule has 1 amide bonds. The predicted octanol–water partition coefficient (Wildman–Crippen LogP) is 0.932. The van der Waals surface area contributed by atoms with Crippen molar-refractivity contribution in [1.29, 1.82) is 0 Å². The Hall–Kier alpha value is -0.650. The Labute approximate surface area is 128 Å². The Morgan fingerprint density at radius 2 is 1.71 bits per heavy atom. The van der Waals surface area contributed by atoms with E-state index in [1.54, 1.807) is 0 Å². The number of amides is 1. The number of rotatable bonds is 8. The largest absolute Gasteiger partial charge is 0.379 e. The number of nitrogens with two attached hydrogens (primary N) is 1. The van der Waals surface area contributed by atoms with Gasteiger partial charge in [0.15, 0.2) is 0 Å². The highest BCUT2D eigenvalue weighted by atomic mass is 16.5. The van der Waals surface area contributed by atoms with Gasteiger partial charge in [-0.3, -0.25) is 4.79 Å². The summed E-state index contributed by atoms with van der Waals surface area (Å²) in [5, 5.41) is 0. The number of hydrogen-bond donors (Lipinski definition) is 1. The summed E-state index contributed by atoms with van der Waals surface area (Å²) in [5.41, 5.74) is 5.34. The Morgan fingerprint density at radius 1 is 1.10 bits per heavy atom. The van der Waals surface area contributed by atoms with Crippen LogP contribution in [0.1, 0.15) is 32.6 Å². The zero-order valence-corrected chi connectivity index (χ0v) is 13.4. The van der Waals surface area contributed by atoms with Crippen molar-refractivity contribution in [3.8, 4) is 0 Å². The highest BCUT2D eigenvalue weighted by Gasteiger charge is 2.26. The fourth-order valence-corrected chi connectivity index (χ4v) is 3.38. The van der Waals surface area contributed by atoms with E-state index in [0.717, 1.165) is 51.7 Å². The standard InChI is InChI=1S/C16H31N3O2/c1-2-14-3-6-18(7-4-14)9-11-21-12-10-19-8-5-15(13-19)16(17)20/h14-15H,2-13H2,1H3,(H2,17,20). The van der Waals surface area contributed by atoms with Gasteiger partial charge in [0.2, 0.25) is 5.91 Å². The molecule has 2 fully saturated rings. The highest BCUT2D eigenvalue weighted by molar-refractivity contribution is 5.77. The van der Waals surface area contributed by atoms with Gasteiger partial charge in [0.1, 0.15) is 0 Å². The van der Waals surface area contributed by atoms with Crippen LogP contribution in [0.3, 0.4) is 0 Å². The SMILES string of the molecule is CCC1CCN(CCOCCN2CCC(C(N)=O)C2)CC1. The summed E-state index contributed by atoms with van der Waals surface area (Å²) in [7, 11) is 0. The summed E-state index contributed by atoms with van der Waals surface area (Å²) in [6, 6.07) is 0. The highest BCUT2D eigenvalue weighted by Crippen LogP contribution is 2.19. The Morgan fingerprint density at radius 3 is 2.29 bits per heavy atom. The quantitative estimate of drug-likeness (QED) is 0.677. The molecule has 0 saturated carbocycles. The van der Waals surface area contributed by atoms with Gasteiger partial charge < -0.3 is 20.3 Å². The van der Waals surface area contributed by atoms with Gasteiger partial charge in [-0.15, -0.1) is 0 Å². The average molecular weight is 297 g/mol. The topological polar surface area (TPSA) is 58.8 Å². The van der Waals surface area contributed by atoms with Crippen LogP contribution < -0.4 is 5.73 Å². The zero-order valence-electron chi connectivity index (χ0n) is 13.4. The van der Waals surface area contributed by atoms with Gasteiger partial charge >= 0.3 is 0 Å². The van der Waals surface area contributed by atoms with Crippen molar-refractivity contribution in [2.24, 2.45) is 17.6 Å². The van der Waals surface area contributed by atoms with Gasteiger partial charge in [-0.2, -0.15) is 0 Å². The molecule has 2 aliphatic rings. The van der Waals surface area contributed by atoms with Crippen molar-refractivity contribution < 1.29 is 9.53 Å². The van der Waals surface area contributed by atoms with Crippen LogP contribution in [0, 0.1) is 11.8 Å². The summed E-state index contributed by atoms with van der Waals surface area (Å²) in [6.45, 7) is 10.1. The van der Waals surface area contributed by atoms with Crippen molar-refractivity contribution in [2.45, 2.75) is 32.6 Å². The average Bonchev–Trinajstić information content (AvgIpc) is 2.97. The number of ether oxygens (including phenoxy) is 1. The van der Waals surface area contributed by atoms with Gasteiger partial charge in [-0.25, -0.2) is 0 Å². The number of piperidine rings is 1. The van der Waals surface area contributed by atoms with Crippen LogP contribution in [0.15, 0.2) is 0 Å². The van der Waals surface area contributed by atoms with E-state index in [9.17, 15) is 4.79 Å². The summed E-state index contributed by atoms with van der Waals surface area (Å²) in [5.74, 6) is 0.828. The van der Waals surface area contributed by atoms with Gasteiger partial charge in [0.05, 0.1) is 19.1 Å². The Balaban J connectivity index is 1.47. The molecule has 2 rings (SSSR count). The third-order valence-electron chi connectivity index (χ3n) is 5.06. The number of carbonyl (C=O) groups excluding carboxylic acids is 1. The normalized spacial score (nSPS) is 25.5. The first-order chi connectivity index (χ1) is 10.2. The van der Waals surface area contributed by atoms with Crippen molar-refractivity contribution in [3.63, 3.8) is 0 Å². The lowest BCUT2D eigenvalue weighted by Crippen LogP contribution is -2.36. The molecule has 1 atom stereocenters. The Bertz CT molecular complexity index is 317. The molecule has 0 aliphatic carbocycles. The number of nitrogens with zero attached hydrogens (tertiary/aromatic N) is 2. The van der Waals surface area contributed by atoms with Gasteiger partial charge in [0.25, 0.3) is 0 Å². The monoisotopic (exact) mass is 297 g/mol. The molecule has 2 heterocycles. The maximum absolute atomic E-state index is 11.1. The first kappa shape index (κ1) is 16.7. The molecule has 0 aromatic heterocycles. The molecule has 122 valence electrons. The van der Waals surface area contributed by atoms with Crippen LogP contribution in [-0.4, -0.2) is 68.2 Å². The van der Waals surface area contributed by atoms with Crippen molar-refractivity contribution in [1.82, 2.24) is 9.80 Å². The molecular weight excluding hydrogens is 266 g/mol. The lowest BCUT2D eigenvalue weighted by molar-refractivity contribution is -0.121. The number of likely N-dealkylation sites (tertiary alicyclic amines) is 2. The van der Waals surface area contributed by atoms with Crippen LogP contribution >= 0.6 is 0 Å². The van der Waals surface area contributed by atoms with E-state index in [4.69, 9.17) is 10.5 Å². The van der Waals surface area contributed by atoms with Crippen LogP contribution in [0.5, 0.6) is 0 Å². The van der Waals surface area contributed by atoms with Crippen LogP contribution in [-0.2, 0) is 9.53 Å². The van der Waals surface area contributed by atoms with Crippen LogP contribution in [0.25, 0.3) is 0 Å². The van der Waals surface area contributed by atoms with Gasteiger partial charge in [0, 0.05) is 19.6 Å². The summed E-state index contributed by atoms with van der Waals surface area (Å²) in [6.07, 6.45) is 4.92. The molecular formula is C16H31N3O2. The van der Waals surface area contributed by atoms with E-state index < -0.39 is 0 Å². The minimum Gasteiger partial charge on any atom is -0.379 e. The van der Waals surface area contributed by atoms with Crippen molar-refractivity contribution in [2.75, 3.05) is 52.5 Å². The fourth-order valence-electron chi connectivity index (χ4n) is 3.38. The van der Waals surface area contributed by atoms with Crippen molar-refractivity contribution >= 4 is 5.91 Å². The third kappa shape index (κ3) is 5.57. The second kappa shape index (κ2) is 8.71. The predicted molar refractivity (Wildman–Crippen MR) is 84.0 cm³/mol. The number of hydrogen-bond acceptors (Lipinski definition) is 4. The molecule has 21 heavy (non-hydrogen) atoms. The van der Waals surface area contributed by atoms with E-state index in [1.807, 2.05) is 0 Å². The molecule has 0 spiro atoms. The van der Waals surface area contributed by atoms with E-state index in [1.165, 1.54) is 32.4 Å². The number of primary amides is 1. The zero-order chi connectivity index (χ0) is 15.1. The number of carbonyl (C=O) groups is 1. The minimum atomic E-state index is -0.158. The summed E-state index contributed by atoms with van der Waals surface area (Å²) >= 11 is 0. The lowest BCUT2D eigenvalue weighted by Gasteiger charge is -2.31. The molecule has 0 radical (unpaired) electrons. The second-order valence-corrected chi connectivity index (χ2v) is 6.49. The molecule has 2 aliphatic heterocycles. The second-order valence-electron chi connectivity index (χ2n) is 6.49. The van der Waals surface area contributed by atoms with E-state index in [-0.39, 0.29) is 11.8 Å². The van der Waals surface area contributed by atoms with Crippen molar-refractivity contribution in [3.05, 3.63) is 0 Å². The minimum absolute atomic E-state index is 0.0462. The molecule has 5 heteroatoms. The summed E-state index contributed by atoms with van der Waals surface area (Å²) < 4.78 is 5.75. The molecule has 0 bridgehead atoms. The molecule has 5 nitrogen and oxygen atoms in total. The fraction of sp³-hybridized carbons (Fsp3) is 0.938. The van der Waals surface area contributed by atoms with E-state index in [0.29, 0.717) is 0 Å². The first-order valence-corrected chi connectivity index (χ1v) is 8.50. The van der Waals surface area contributed by atoms with Crippen LogP contribution in [0.4, 0.5) is 0 Å². The van der Waals surface area contributed by atoms with E-state index >= 15 is 0 Å². The molecule has 2 saturated heterocycles. The molecule has 2 N–H and O–H groups in total. The molecule has 0 aromatic carbocycles. The first-order valence-electron chi connectivity index (χ1n) is 8.50. The molecule has 0 aromatic rings. The smallest absolute Gasteiger partial charge is 0.221 e. The van der Waals surface area contributed by atoms with Crippen LogP contribution in [0.2, 0.25) is 0 Å². The van der Waals surface area contributed by atoms with Gasteiger partial charge in [-0.1, -0.05) is 13.3 Å². The lowest BCUT2D eigenvalue weighted by atomic mass is 9.94. The Kier molecular flexibility index (Phi) is 6.93. The van der Waals surface area contributed by atoms with E-state index in [2.05, 4.69) is 16.7 Å². The van der Waals surface area contributed by atoms with Gasteiger partial charge in [-0.05, 0) is 44.8 Å². The molecule has 1 unspecified atom stereocenters. The maximum Gasteiger partial charge on any atom is 0.221 e. The summed E-state index contributed by atoms with van der Waals surface area (Å²) in [4.78, 5) is 15.9. The third-order valence-corrected chi connectivity index (χ3v) is 5.06.